The van der Waals surface area contributed by atoms with Gasteiger partial charge >= 0.3 is 0 Å². The molecule has 0 saturated carbocycles. The van der Waals surface area contributed by atoms with Gasteiger partial charge < -0.3 is 14.8 Å². The van der Waals surface area contributed by atoms with Gasteiger partial charge in [0.25, 0.3) is 0 Å². The van der Waals surface area contributed by atoms with Gasteiger partial charge in [-0.3, -0.25) is 0 Å². The summed E-state index contributed by atoms with van der Waals surface area (Å²) in [6, 6.07) is 0. The maximum Gasteiger partial charge on any atom is 0.160 e. The molecule has 3 nitrogen and oxygen atoms in total. The largest absolute Gasteiger partial charge is 0.350 e. The highest BCUT2D eigenvalue weighted by Gasteiger charge is 2.27. The summed E-state index contributed by atoms with van der Waals surface area (Å²) in [5.74, 6) is 0.522. The van der Waals surface area contributed by atoms with Crippen molar-refractivity contribution >= 4 is 0 Å². The van der Waals surface area contributed by atoms with Gasteiger partial charge in [-0.1, -0.05) is 0 Å². The fraction of sp³-hybridized carbons (Fsp3) is 1.00. The molecule has 0 bridgehead atoms. The van der Waals surface area contributed by atoms with Gasteiger partial charge in [-0.05, 0) is 25.9 Å². The summed E-state index contributed by atoms with van der Waals surface area (Å²) in [4.78, 5) is 0. The molecule has 2 fully saturated rings. The van der Waals surface area contributed by atoms with E-state index in [0.717, 1.165) is 39.1 Å². The Hall–Kier alpha value is -0.120. The van der Waals surface area contributed by atoms with Crippen LogP contribution >= 0.6 is 0 Å². The van der Waals surface area contributed by atoms with Crippen LogP contribution in [-0.2, 0) is 9.47 Å². The molecule has 64 valence electrons. The molecule has 0 amide bonds. The van der Waals surface area contributed by atoms with Crippen molar-refractivity contribution in [1.82, 2.24) is 5.31 Å². The molecule has 0 atom stereocenters. The van der Waals surface area contributed by atoms with Crippen LogP contribution in [0.4, 0.5) is 0 Å². The molecule has 1 N–H and O–H groups in total. The van der Waals surface area contributed by atoms with Crippen LogP contribution in [0.2, 0.25) is 1.41 Å². The first-order valence-corrected chi connectivity index (χ1v) is 4.33. The van der Waals surface area contributed by atoms with Crippen molar-refractivity contribution < 1.29 is 10.9 Å². The first-order valence-electron chi connectivity index (χ1n) is 4.78. The van der Waals surface area contributed by atoms with Gasteiger partial charge in [0, 0.05) is 5.92 Å². The number of ether oxygens (including phenoxy) is 2. The van der Waals surface area contributed by atoms with E-state index in [1.165, 1.54) is 0 Å². The van der Waals surface area contributed by atoms with E-state index in [0.29, 0.717) is 5.92 Å². The van der Waals surface area contributed by atoms with E-state index in [4.69, 9.17) is 10.9 Å². The van der Waals surface area contributed by atoms with E-state index >= 15 is 0 Å². The van der Waals surface area contributed by atoms with Gasteiger partial charge in [-0.25, -0.2) is 0 Å². The lowest BCUT2D eigenvalue weighted by molar-refractivity contribution is -0.0902. The van der Waals surface area contributed by atoms with E-state index in [1.807, 2.05) is 0 Å². The van der Waals surface area contributed by atoms with Crippen LogP contribution in [0.5, 0.6) is 0 Å². The molecule has 2 heterocycles. The lowest BCUT2D eigenvalue weighted by Crippen LogP contribution is -2.34. The number of piperidine rings is 1. The normalized spacial score (nSPS) is 32.5. The van der Waals surface area contributed by atoms with Gasteiger partial charge in [-0.15, -0.1) is 0 Å². The predicted octanol–water partition coefficient (Wildman–Crippen LogP) is 0.359. The average molecular weight is 158 g/mol. The summed E-state index contributed by atoms with van der Waals surface area (Å²) in [6.07, 6.45) is 2.10. The average Bonchev–Trinajstić information content (AvgIpc) is 2.58. The molecule has 3 heteroatoms. The maximum atomic E-state index is 7.38. The van der Waals surface area contributed by atoms with Gasteiger partial charge in [0.05, 0.1) is 13.2 Å². The lowest BCUT2D eigenvalue weighted by Gasteiger charge is -2.26. The minimum Gasteiger partial charge on any atom is -0.350 e. The van der Waals surface area contributed by atoms with Crippen molar-refractivity contribution in [2.45, 2.75) is 19.1 Å². The van der Waals surface area contributed by atoms with E-state index in [2.05, 4.69) is 0 Å². The summed E-state index contributed by atoms with van der Waals surface area (Å²) in [7, 11) is 0. The molecule has 2 aliphatic rings. The molecule has 2 aliphatic heterocycles. The van der Waals surface area contributed by atoms with Crippen LogP contribution in [0.1, 0.15) is 12.8 Å². The van der Waals surface area contributed by atoms with Crippen LogP contribution in [0.15, 0.2) is 0 Å². The third-order valence-electron chi connectivity index (χ3n) is 2.35. The fourth-order valence-electron chi connectivity index (χ4n) is 1.69. The molecule has 0 unspecified atom stereocenters. The Morgan fingerprint density at radius 2 is 1.82 bits per heavy atom. The Morgan fingerprint density at radius 3 is 2.45 bits per heavy atom. The Kier molecular flexibility index (Phi) is 2.05. The topological polar surface area (TPSA) is 30.5 Å². The smallest absolute Gasteiger partial charge is 0.160 e. The molecule has 0 aliphatic carbocycles. The van der Waals surface area contributed by atoms with E-state index in [9.17, 15) is 0 Å². The Balaban J connectivity index is 1.80. The fourth-order valence-corrected chi connectivity index (χ4v) is 1.69. The first-order chi connectivity index (χ1) is 5.86. The summed E-state index contributed by atoms with van der Waals surface area (Å²) >= 11 is 0. The molecule has 2 saturated heterocycles. The molecule has 11 heavy (non-hydrogen) atoms. The van der Waals surface area contributed by atoms with Crippen LogP contribution < -0.4 is 5.31 Å². The monoisotopic (exact) mass is 158 g/mol. The van der Waals surface area contributed by atoms with Crippen molar-refractivity contribution in [3.05, 3.63) is 0 Å². The highest BCUT2D eigenvalue weighted by Crippen LogP contribution is 2.22. The van der Waals surface area contributed by atoms with Crippen molar-refractivity contribution in [2.75, 3.05) is 26.3 Å². The second kappa shape index (κ2) is 3.52. The predicted molar refractivity (Wildman–Crippen MR) is 41.3 cm³/mol. The highest BCUT2D eigenvalue weighted by atomic mass is 16.7. The maximum absolute atomic E-state index is 7.38. The van der Waals surface area contributed by atoms with Gasteiger partial charge in [0.1, 0.15) is 1.41 Å². The molecular weight excluding hydrogens is 142 g/mol. The Bertz CT molecular complexity index is 142. The molecule has 0 aromatic heterocycles. The number of hydrogen-bond acceptors (Lipinski definition) is 3. The zero-order valence-corrected chi connectivity index (χ0v) is 6.66. The summed E-state index contributed by atoms with van der Waals surface area (Å²) in [6.45, 7) is 3.19. The summed E-state index contributed by atoms with van der Waals surface area (Å²) < 4.78 is 18.2. The quantitative estimate of drug-likeness (QED) is 0.597. The van der Waals surface area contributed by atoms with Crippen LogP contribution in [0.25, 0.3) is 0 Å². The molecule has 0 aromatic rings. The number of nitrogens with one attached hydrogen (secondary N) is 1. The van der Waals surface area contributed by atoms with E-state index in [-0.39, 0.29) is 6.29 Å². The van der Waals surface area contributed by atoms with Crippen LogP contribution in [0.3, 0.4) is 0 Å². The second-order valence-corrected chi connectivity index (χ2v) is 3.12. The third kappa shape index (κ3) is 1.72. The Morgan fingerprint density at radius 1 is 1.18 bits per heavy atom. The first kappa shape index (κ1) is 6.40. The minimum absolute atomic E-state index is 0.0266. The van der Waals surface area contributed by atoms with Crippen molar-refractivity contribution in [1.29, 1.82) is 0 Å². The minimum atomic E-state index is 0.0266. The van der Waals surface area contributed by atoms with Crippen molar-refractivity contribution in [2.24, 2.45) is 5.92 Å². The number of hydrogen-bond donors (Lipinski definition) is 1. The van der Waals surface area contributed by atoms with Crippen molar-refractivity contribution in [3.63, 3.8) is 0 Å². The summed E-state index contributed by atoms with van der Waals surface area (Å²) in [5, 5.41) is 1.62. The molecule has 0 aromatic carbocycles. The molecule has 2 rings (SSSR count). The molecule has 0 radical (unpaired) electrons. The van der Waals surface area contributed by atoms with Crippen molar-refractivity contribution in [3.8, 4) is 0 Å². The summed E-state index contributed by atoms with van der Waals surface area (Å²) in [5.41, 5.74) is 0. The van der Waals surface area contributed by atoms with Gasteiger partial charge in [0.15, 0.2) is 6.29 Å². The molecule has 0 spiro atoms. The highest BCUT2D eigenvalue weighted by molar-refractivity contribution is 4.72. The standard InChI is InChI=1S/C8H15NO2/c1-3-9-4-2-7(1)8-10-5-6-11-8/h7-9H,1-6H2/i/hD. The SMILES string of the molecule is [2H]N1CCC(C2OCCO2)CC1. The van der Waals surface area contributed by atoms with E-state index < -0.39 is 0 Å². The number of rotatable bonds is 1. The Labute approximate surface area is 68.5 Å². The molecular formula is C8H15NO2. The van der Waals surface area contributed by atoms with Gasteiger partial charge in [0.2, 0.25) is 0 Å². The van der Waals surface area contributed by atoms with E-state index in [1.54, 1.807) is 5.31 Å². The zero-order valence-electron chi connectivity index (χ0n) is 7.66. The second-order valence-electron chi connectivity index (χ2n) is 3.12. The zero-order chi connectivity index (χ0) is 8.39. The van der Waals surface area contributed by atoms with Crippen LogP contribution in [-0.4, -0.2) is 32.6 Å². The van der Waals surface area contributed by atoms with Crippen LogP contribution in [0, 0.1) is 5.92 Å². The lowest BCUT2D eigenvalue weighted by atomic mass is 9.98. The third-order valence-corrected chi connectivity index (χ3v) is 2.35. The van der Waals surface area contributed by atoms with Gasteiger partial charge in [-0.2, -0.15) is 0 Å².